The Hall–Kier alpha value is -3.05. The molecule has 1 fully saturated rings. The maximum Gasteiger partial charge on any atom is 0.238 e. The first-order valence-electron chi connectivity index (χ1n) is 10.6. The van der Waals surface area contributed by atoms with E-state index < -0.39 is 0 Å². The molecule has 158 valence electrons. The second-order valence-electron chi connectivity index (χ2n) is 7.61. The molecule has 1 aliphatic heterocycles. The summed E-state index contributed by atoms with van der Waals surface area (Å²) in [6, 6.07) is 26.0. The van der Waals surface area contributed by atoms with Gasteiger partial charge in [-0.1, -0.05) is 61.5 Å². The van der Waals surface area contributed by atoms with Crippen molar-refractivity contribution in [2.45, 2.75) is 31.6 Å². The molecule has 0 aromatic heterocycles. The number of amides is 2. The molecule has 3 aromatic carbocycles. The number of hydrogen-bond donors (Lipinski definition) is 1. The van der Waals surface area contributed by atoms with E-state index in [1.807, 2.05) is 71.6 Å². The first kappa shape index (κ1) is 21.2. The van der Waals surface area contributed by atoms with E-state index in [-0.39, 0.29) is 17.2 Å². The Morgan fingerprint density at radius 2 is 1.77 bits per heavy atom. The average molecular weight is 431 g/mol. The van der Waals surface area contributed by atoms with Crippen molar-refractivity contribution in [1.29, 1.82) is 0 Å². The molecule has 1 atom stereocenters. The van der Waals surface area contributed by atoms with Gasteiger partial charge in [0.15, 0.2) is 0 Å². The maximum absolute atomic E-state index is 12.6. The molecule has 4 nitrogen and oxygen atoms in total. The summed E-state index contributed by atoms with van der Waals surface area (Å²) >= 11 is 1.62. The highest BCUT2D eigenvalue weighted by Crippen LogP contribution is 2.42. The van der Waals surface area contributed by atoms with Crippen LogP contribution in [0.1, 0.15) is 35.4 Å². The summed E-state index contributed by atoms with van der Waals surface area (Å²) < 4.78 is 0. The molecule has 0 saturated carbocycles. The average Bonchev–Trinajstić information content (AvgIpc) is 3.20. The van der Waals surface area contributed by atoms with E-state index in [2.05, 4.69) is 24.4 Å². The molecule has 0 aliphatic carbocycles. The Labute approximate surface area is 187 Å². The molecule has 0 bridgehead atoms. The summed E-state index contributed by atoms with van der Waals surface area (Å²) in [5.74, 6) is 0.549. The van der Waals surface area contributed by atoms with Crippen LogP contribution in [0.4, 0.5) is 11.4 Å². The van der Waals surface area contributed by atoms with Gasteiger partial charge in [0.1, 0.15) is 5.37 Å². The summed E-state index contributed by atoms with van der Waals surface area (Å²) in [6.45, 7) is 2.12. The van der Waals surface area contributed by atoms with Gasteiger partial charge in [-0.3, -0.25) is 14.5 Å². The summed E-state index contributed by atoms with van der Waals surface area (Å²) in [5, 5.41) is 2.91. The van der Waals surface area contributed by atoms with Crippen molar-refractivity contribution >= 4 is 35.0 Å². The number of thioether (sulfide) groups is 1. The highest BCUT2D eigenvalue weighted by atomic mass is 32.2. The van der Waals surface area contributed by atoms with Crippen LogP contribution < -0.4 is 10.2 Å². The third kappa shape index (κ3) is 5.17. The van der Waals surface area contributed by atoms with Gasteiger partial charge in [0.2, 0.25) is 11.8 Å². The molecule has 0 spiro atoms. The van der Waals surface area contributed by atoms with Crippen LogP contribution in [0.25, 0.3) is 0 Å². The van der Waals surface area contributed by atoms with Crippen LogP contribution in [0.3, 0.4) is 0 Å². The lowest BCUT2D eigenvalue weighted by Crippen LogP contribution is -2.27. The standard InChI is InChI=1S/C26H26N2O2S/c1-2-19-11-14-23(15-12-19)28-25(30)18-31-26(28)21-9-6-10-22(17-21)27-24(29)16-13-20-7-4-3-5-8-20/h3-12,14-15,17,26H,2,13,16,18H2,1H3,(H,27,29). The number of aryl methyl sites for hydroxylation is 2. The fourth-order valence-electron chi connectivity index (χ4n) is 3.74. The summed E-state index contributed by atoms with van der Waals surface area (Å²) in [5.41, 5.74) is 5.08. The first-order chi connectivity index (χ1) is 15.1. The summed E-state index contributed by atoms with van der Waals surface area (Å²) in [4.78, 5) is 26.9. The van der Waals surface area contributed by atoms with E-state index in [0.29, 0.717) is 18.6 Å². The minimum absolute atomic E-state index is 0.0110. The van der Waals surface area contributed by atoms with Gasteiger partial charge in [-0.2, -0.15) is 0 Å². The van der Waals surface area contributed by atoms with E-state index in [1.165, 1.54) is 5.56 Å². The molecule has 0 radical (unpaired) electrons. The lowest BCUT2D eigenvalue weighted by atomic mass is 10.1. The van der Waals surface area contributed by atoms with Crippen molar-refractivity contribution in [3.05, 3.63) is 95.6 Å². The number of nitrogens with zero attached hydrogens (tertiary/aromatic N) is 1. The van der Waals surface area contributed by atoms with Gasteiger partial charge in [-0.15, -0.1) is 11.8 Å². The Bertz CT molecular complexity index is 1050. The maximum atomic E-state index is 12.6. The number of benzene rings is 3. The van der Waals surface area contributed by atoms with Crippen LogP contribution in [0.2, 0.25) is 0 Å². The zero-order valence-electron chi connectivity index (χ0n) is 17.6. The lowest BCUT2D eigenvalue weighted by molar-refractivity contribution is -0.116. The molecular weight excluding hydrogens is 404 g/mol. The molecule has 1 heterocycles. The van der Waals surface area contributed by atoms with E-state index >= 15 is 0 Å². The topological polar surface area (TPSA) is 49.4 Å². The zero-order valence-corrected chi connectivity index (χ0v) is 18.4. The minimum atomic E-state index is -0.0962. The number of carbonyl (C=O) groups excluding carboxylic acids is 2. The first-order valence-corrected chi connectivity index (χ1v) is 11.7. The molecule has 1 N–H and O–H groups in total. The van der Waals surface area contributed by atoms with Gasteiger partial charge in [-0.05, 0) is 53.8 Å². The summed E-state index contributed by atoms with van der Waals surface area (Å²) in [6.07, 6.45) is 2.11. The van der Waals surface area contributed by atoms with Crippen molar-refractivity contribution in [1.82, 2.24) is 0 Å². The minimum Gasteiger partial charge on any atom is -0.326 e. The van der Waals surface area contributed by atoms with Crippen molar-refractivity contribution in [2.24, 2.45) is 0 Å². The highest BCUT2D eigenvalue weighted by Gasteiger charge is 2.34. The Morgan fingerprint density at radius 3 is 2.52 bits per heavy atom. The van der Waals surface area contributed by atoms with Gasteiger partial charge in [-0.25, -0.2) is 0 Å². The van der Waals surface area contributed by atoms with Crippen molar-refractivity contribution in [3.63, 3.8) is 0 Å². The third-order valence-electron chi connectivity index (χ3n) is 5.43. The Morgan fingerprint density at radius 1 is 1.00 bits per heavy atom. The molecule has 31 heavy (non-hydrogen) atoms. The highest BCUT2D eigenvalue weighted by molar-refractivity contribution is 8.00. The fourth-order valence-corrected chi connectivity index (χ4v) is 4.91. The van der Waals surface area contributed by atoms with Crippen LogP contribution >= 0.6 is 11.8 Å². The van der Waals surface area contributed by atoms with Crippen LogP contribution in [0.15, 0.2) is 78.9 Å². The van der Waals surface area contributed by atoms with Gasteiger partial charge in [0.25, 0.3) is 0 Å². The predicted octanol–water partition coefficient (Wildman–Crippen LogP) is 5.60. The van der Waals surface area contributed by atoms with Crippen LogP contribution in [0, 0.1) is 0 Å². The number of carbonyl (C=O) groups is 2. The number of hydrogen-bond acceptors (Lipinski definition) is 3. The van der Waals surface area contributed by atoms with Gasteiger partial charge >= 0.3 is 0 Å². The molecule has 1 unspecified atom stereocenters. The second-order valence-corrected chi connectivity index (χ2v) is 8.67. The number of rotatable bonds is 7. The van der Waals surface area contributed by atoms with E-state index in [9.17, 15) is 9.59 Å². The zero-order chi connectivity index (χ0) is 21.6. The fraction of sp³-hybridized carbons (Fsp3) is 0.231. The molecule has 2 amide bonds. The van der Waals surface area contributed by atoms with E-state index in [1.54, 1.807) is 11.8 Å². The van der Waals surface area contributed by atoms with Crippen molar-refractivity contribution < 1.29 is 9.59 Å². The van der Waals surface area contributed by atoms with E-state index in [0.717, 1.165) is 28.9 Å². The molecule has 4 rings (SSSR count). The second kappa shape index (κ2) is 9.84. The molecule has 1 aliphatic rings. The molecule has 3 aromatic rings. The lowest BCUT2D eigenvalue weighted by Gasteiger charge is -2.25. The monoisotopic (exact) mass is 430 g/mol. The van der Waals surface area contributed by atoms with Crippen molar-refractivity contribution in [2.75, 3.05) is 16.0 Å². The molecule has 1 saturated heterocycles. The quantitative estimate of drug-likeness (QED) is 0.531. The number of anilines is 2. The largest absolute Gasteiger partial charge is 0.326 e. The van der Waals surface area contributed by atoms with Crippen LogP contribution in [-0.4, -0.2) is 17.6 Å². The van der Waals surface area contributed by atoms with Gasteiger partial charge in [0.05, 0.1) is 5.75 Å². The smallest absolute Gasteiger partial charge is 0.238 e. The van der Waals surface area contributed by atoms with Crippen LogP contribution in [-0.2, 0) is 22.4 Å². The van der Waals surface area contributed by atoms with Gasteiger partial charge in [0, 0.05) is 17.8 Å². The molecular formula is C26H26N2O2S. The number of nitrogens with one attached hydrogen (secondary N) is 1. The predicted molar refractivity (Wildman–Crippen MR) is 128 cm³/mol. The third-order valence-corrected chi connectivity index (χ3v) is 6.64. The summed E-state index contributed by atoms with van der Waals surface area (Å²) in [7, 11) is 0. The SMILES string of the molecule is CCc1ccc(N2C(=O)CSC2c2cccc(NC(=O)CCc3ccccc3)c2)cc1. The normalized spacial score (nSPS) is 15.8. The van der Waals surface area contributed by atoms with Crippen molar-refractivity contribution in [3.8, 4) is 0 Å². The van der Waals surface area contributed by atoms with E-state index in [4.69, 9.17) is 0 Å². The Balaban J connectivity index is 1.46. The Kier molecular flexibility index (Phi) is 6.73. The van der Waals surface area contributed by atoms with Crippen LogP contribution in [0.5, 0.6) is 0 Å². The molecule has 5 heteroatoms. The van der Waals surface area contributed by atoms with Gasteiger partial charge < -0.3 is 5.32 Å².